The van der Waals surface area contributed by atoms with Crippen LogP contribution in [0.3, 0.4) is 0 Å². The number of carbonyl (C=O) groups excluding carboxylic acids is 1. The van der Waals surface area contributed by atoms with Gasteiger partial charge < -0.3 is 15.0 Å². The average molecular weight is 364 g/mol. The Balaban J connectivity index is 1.38. The molecule has 0 bridgehead atoms. The Morgan fingerprint density at radius 1 is 1.31 bits per heavy atom. The Morgan fingerprint density at radius 3 is 2.77 bits per heavy atom. The molecule has 0 radical (unpaired) electrons. The van der Waals surface area contributed by atoms with Crippen molar-refractivity contribution < 1.29 is 9.53 Å². The predicted molar refractivity (Wildman–Crippen MR) is 102 cm³/mol. The number of aromatic nitrogens is 1. The van der Waals surface area contributed by atoms with E-state index in [-0.39, 0.29) is 11.8 Å². The van der Waals surface area contributed by atoms with E-state index in [1.54, 1.807) is 42.7 Å². The van der Waals surface area contributed by atoms with Crippen LogP contribution in [0.25, 0.3) is 10.2 Å². The van der Waals surface area contributed by atoms with Crippen molar-refractivity contribution in [3.63, 3.8) is 0 Å². The van der Waals surface area contributed by atoms with Crippen LogP contribution in [0, 0.1) is 17.2 Å². The Hall–Kier alpha value is -3.11. The molecular formula is C19H16N4O2S. The number of rotatable bonds is 4. The summed E-state index contributed by atoms with van der Waals surface area (Å²) in [5, 5.41) is 12.6. The first-order chi connectivity index (χ1) is 12.7. The number of anilines is 2. The SMILES string of the molecule is COc1ccc2nc(N3CC(C(=O)Nc4ccc(C#N)cc4)C3)sc2c1. The summed E-state index contributed by atoms with van der Waals surface area (Å²) in [4.78, 5) is 19.1. The van der Waals surface area contributed by atoms with Gasteiger partial charge in [-0.2, -0.15) is 5.26 Å². The molecule has 3 aromatic rings. The van der Waals surface area contributed by atoms with Crippen molar-refractivity contribution in [3.05, 3.63) is 48.0 Å². The molecule has 0 aliphatic carbocycles. The molecule has 6 nitrogen and oxygen atoms in total. The fourth-order valence-corrected chi connectivity index (χ4v) is 3.84. The second-order valence-electron chi connectivity index (χ2n) is 6.11. The second kappa shape index (κ2) is 6.65. The average Bonchev–Trinajstić information content (AvgIpc) is 3.03. The lowest BCUT2D eigenvalue weighted by Gasteiger charge is -2.37. The van der Waals surface area contributed by atoms with Gasteiger partial charge in [0.2, 0.25) is 5.91 Å². The van der Waals surface area contributed by atoms with Gasteiger partial charge in [0.1, 0.15) is 5.75 Å². The molecule has 0 atom stereocenters. The Kier molecular flexibility index (Phi) is 4.19. The van der Waals surface area contributed by atoms with Gasteiger partial charge in [-0.3, -0.25) is 4.79 Å². The van der Waals surface area contributed by atoms with Gasteiger partial charge in [0.25, 0.3) is 0 Å². The highest BCUT2D eigenvalue weighted by Crippen LogP contribution is 2.34. The summed E-state index contributed by atoms with van der Waals surface area (Å²) in [6, 6.07) is 14.8. The van der Waals surface area contributed by atoms with Crippen molar-refractivity contribution in [2.45, 2.75) is 0 Å². The molecule has 0 unspecified atom stereocenters. The lowest BCUT2D eigenvalue weighted by molar-refractivity contribution is -0.120. The number of methoxy groups -OCH3 is 1. The molecule has 4 rings (SSSR count). The van der Waals surface area contributed by atoms with E-state index in [1.807, 2.05) is 18.2 Å². The molecule has 1 N–H and O–H groups in total. The van der Waals surface area contributed by atoms with Crippen molar-refractivity contribution in [1.29, 1.82) is 5.26 Å². The summed E-state index contributed by atoms with van der Waals surface area (Å²) in [6.45, 7) is 1.30. The smallest absolute Gasteiger partial charge is 0.231 e. The summed E-state index contributed by atoms with van der Waals surface area (Å²) in [5.41, 5.74) is 2.22. The number of benzene rings is 2. The number of thiazole rings is 1. The number of carbonyl (C=O) groups is 1. The van der Waals surface area contributed by atoms with Gasteiger partial charge in [0, 0.05) is 18.8 Å². The largest absolute Gasteiger partial charge is 0.497 e. The zero-order chi connectivity index (χ0) is 18.1. The van der Waals surface area contributed by atoms with Gasteiger partial charge in [0.15, 0.2) is 5.13 Å². The number of nitriles is 1. The van der Waals surface area contributed by atoms with Crippen LogP contribution in [0.15, 0.2) is 42.5 Å². The summed E-state index contributed by atoms with van der Waals surface area (Å²) >= 11 is 1.61. The van der Waals surface area contributed by atoms with Crippen LogP contribution in [0.2, 0.25) is 0 Å². The number of nitrogens with one attached hydrogen (secondary N) is 1. The zero-order valence-electron chi connectivity index (χ0n) is 14.1. The van der Waals surface area contributed by atoms with Gasteiger partial charge in [-0.1, -0.05) is 11.3 Å². The molecule has 2 aromatic carbocycles. The number of ether oxygens (including phenoxy) is 1. The van der Waals surface area contributed by atoms with Crippen LogP contribution in [-0.2, 0) is 4.79 Å². The minimum Gasteiger partial charge on any atom is -0.497 e. The van der Waals surface area contributed by atoms with Crippen molar-refractivity contribution in [1.82, 2.24) is 4.98 Å². The summed E-state index contributed by atoms with van der Waals surface area (Å²) in [5.74, 6) is 0.747. The standard InChI is InChI=1S/C19H16N4O2S/c1-25-15-6-7-16-17(8-15)26-19(22-16)23-10-13(11-23)18(24)21-14-4-2-12(9-20)3-5-14/h2-8,13H,10-11H2,1H3,(H,21,24). The van der Waals surface area contributed by atoms with Crippen LogP contribution in [0.4, 0.5) is 10.8 Å². The van der Waals surface area contributed by atoms with E-state index in [2.05, 4.69) is 21.3 Å². The minimum absolute atomic E-state index is 0.00580. The molecule has 1 fully saturated rings. The number of amides is 1. The lowest BCUT2D eigenvalue weighted by atomic mass is 10.00. The highest BCUT2D eigenvalue weighted by atomic mass is 32.1. The third-order valence-electron chi connectivity index (χ3n) is 4.39. The molecule has 1 saturated heterocycles. The van der Waals surface area contributed by atoms with Gasteiger partial charge >= 0.3 is 0 Å². The summed E-state index contributed by atoms with van der Waals surface area (Å²) < 4.78 is 6.32. The van der Waals surface area contributed by atoms with E-state index in [4.69, 9.17) is 10.00 Å². The van der Waals surface area contributed by atoms with Crippen LogP contribution < -0.4 is 15.0 Å². The van der Waals surface area contributed by atoms with E-state index in [0.717, 1.165) is 21.1 Å². The minimum atomic E-state index is -0.0628. The third kappa shape index (κ3) is 3.07. The maximum absolute atomic E-state index is 12.3. The van der Waals surface area contributed by atoms with Crippen molar-refractivity contribution in [2.75, 3.05) is 30.4 Å². The zero-order valence-corrected chi connectivity index (χ0v) is 14.9. The maximum atomic E-state index is 12.3. The quantitative estimate of drug-likeness (QED) is 0.769. The lowest BCUT2D eigenvalue weighted by Crippen LogP contribution is -2.52. The van der Waals surface area contributed by atoms with Gasteiger partial charge in [0.05, 0.1) is 34.9 Å². The first kappa shape index (κ1) is 16.4. The summed E-state index contributed by atoms with van der Waals surface area (Å²) in [7, 11) is 1.65. The van der Waals surface area contributed by atoms with Crippen molar-refractivity contribution >= 4 is 38.3 Å². The van der Waals surface area contributed by atoms with Crippen LogP contribution in [0.5, 0.6) is 5.75 Å². The number of nitrogens with zero attached hydrogens (tertiary/aromatic N) is 3. The van der Waals surface area contributed by atoms with Crippen molar-refractivity contribution in [2.24, 2.45) is 5.92 Å². The summed E-state index contributed by atoms with van der Waals surface area (Å²) in [6.07, 6.45) is 0. The molecule has 0 spiro atoms. The topological polar surface area (TPSA) is 78.2 Å². The van der Waals surface area contributed by atoms with E-state index >= 15 is 0 Å². The van der Waals surface area contributed by atoms with Gasteiger partial charge in [-0.15, -0.1) is 0 Å². The highest BCUT2D eigenvalue weighted by molar-refractivity contribution is 7.22. The van der Waals surface area contributed by atoms with Crippen molar-refractivity contribution in [3.8, 4) is 11.8 Å². The second-order valence-corrected chi connectivity index (χ2v) is 7.12. The van der Waals surface area contributed by atoms with Crippen LogP contribution in [0.1, 0.15) is 5.56 Å². The predicted octanol–water partition coefficient (Wildman–Crippen LogP) is 3.25. The molecule has 26 heavy (non-hydrogen) atoms. The molecule has 0 saturated carbocycles. The fourth-order valence-electron chi connectivity index (χ4n) is 2.83. The Labute approximate surface area is 154 Å². The highest BCUT2D eigenvalue weighted by Gasteiger charge is 2.34. The first-order valence-corrected chi connectivity index (χ1v) is 8.98. The fraction of sp³-hybridized carbons (Fsp3) is 0.211. The monoisotopic (exact) mass is 364 g/mol. The van der Waals surface area contributed by atoms with Crippen LogP contribution in [-0.4, -0.2) is 31.1 Å². The number of hydrogen-bond donors (Lipinski definition) is 1. The molecule has 1 aliphatic rings. The Morgan fingerprint density at radius 2 is 2.08 bits per heavy atom. The Bertz CT molecular complexity index is 1000. The maximum Gasteiger partial charge on any atom is 0.231 e. The molecule has 1 aromatic heterocycles. The van der Waals surface area contributed by atoms with E-state index in [0.29, 0.717) is 24.3 Å². The third-order valence-corrected chi connectivity index (χ3v) is 5.47. The van der Waals surface area contributed by atoms with Gasteiger partial charge in [-0.25, -0.2) is 4.98 Å². The van der Waals surface area contributed by atoms with E-state index in [1.165, 1.54) is 0 Å². The van der Waals surface area contributed by atoms with E-state index < -0.39 is 0 Å². The van der Waals surface area contributed by atoms with E-state index in [9.17, 15) is 4.79 Å². The van der Waals surface area contributed by atoms with Crippen LogP contribution >= 0.6 is 11.3 Å². The number of fused-ring (bicyclic) bond motifs is 1. The molecular weight excluding hydrogens is 348 g/mol. The molecule has 130 valence electrons. The number of hydrogen-bond acceptors (Lipinski definition) is 6. The molecule has 7 heteroatoms. The van der Waals surface area contributed by atoms with Gasteiger partial charge in [-0.05, 0) is 42.5 Å². The molecule has 1 amide bonds. The molecule has 2 heterocycles. The molecule has 1 aliphatic heterocycles. The first-order valence-electron chi connectivity index (χ1n) is 8.17. The normalized spacial score (nSPS) is 13.9.